The first-order valence-corrected chi connectivity index (χ1v) is 10.6. The number of imidazole rings is 1. The molecule has 3 N–H and O–H groups in total. The number of hydrogen-bond donors (Lipinski definition) is 3. The van der Waals surface area contributed by atoms with Crippen LogP contribution in [0.1, 0.15) is 18.6 Å². The molecule has 0 unspecified atom stereocenters. The van der Waals surface area contributed by atoms with Crippen molar-refractivity contribution in [3.8, 4) is 0 Å². The standard InChI is InChI=1S/C21H20N6O3S/c1-13(28)22-14-6-8-15(9-7-14)23-19(29)12-31-21-27-26-20(30-21)11-10-18-24-16-4-2-3-5-17(16)25-18/h2-9H,10-12H2,1H3,(H,22,28)(H,23,29)(H,24,25). The van der Waals surface area contributed by atoms with Crippen molar-refractivity contribution < 1.29 is 14.0 Å². The number of hydrogen-bond acceptors (Lipinski definition) is 7. The Balaban J connectivity index is 1.24. The lowest BCUT2D eigenvalue weighted by atomic mass is 10.3. The van der Waals surface area contributed by atoms with E-state index in [1.54, 1.807) is 24.3 Å². The Morgan fingerprint density at radius 3 is 2.48 bits per heavy atom. The summed E-state index contributed by atoms with van der Waals surface area (Å²) in [6, 6.07) is 14.7. The zero-order chi connectivity index (χ0) is 21.6. The molecular formula is C21H20N6O3S. The van der Waals surface area contributed by atoms with E-state index in [9.17, 15) is 9.59 Å². The third kappa shape index (κ3) is 5.70. The molecule has 2 aromatic heterocycles. The Bertz CT molecular complexity index is 1170. The third-order valence-electron chi connectivity index (χ3n) is 4.28. The van der Waals surface area contributed by atoms with Gasteiger partial charge in [0.05, 0.1) is 16.8 Å². The number of aromatic amines is 1. The van der Waals surface area contributed by atoms with Gasteiger partial charge in [0.25, 0.3) is 5.22 Å². The number of carbonyl (C=O) groups is 2. The van der Waals surface area contributed by atoms with Gasteiger partial charge in [-0.1, -0.05) is 23.9 Å². The van der Waals surface area contributed by atoms with Crippen molar-refractivity contribution in [1.82, 2.24) is 20.2 Å². The summed E-state index contributed by atoms with van der Waals surface area (Å²) in [6.07, 6.45) is 1.20. The first kappa shape index (κ1) is 20.6. The van der Waals surface area contributed by atoms with Crippen LogP contribution in [0.25, 0.3) is 11.0 Å². The largest absolute Gasteiger partial charge is 0.416 e. The van der Waals surface area contributed by atoms with Crippen molar-refractivity contribution in [1.29, 1.82) is 0 Å². The second-order valence-electron chi connectivity index (χ2n) is 6.76. The molecule has 0 atom stereocenters. The zero-order valence-electron chi connectivity index (χ0n) is 16.7. The minimum Gasteiger partial charge on any atom is -0.416 e. The number of amides is 2. The van der Waals surface area contributed by atoms with E-state index in [2.05, 4.69) is 30.8 Å². The Labute approximate surface area is 182 Å². The highest BCUT2D eigenvalue weighted by atomic mass is 32.2. The molecule has 0 radical (unpaired) electrons. The van der Waals surface area contributed by atoms with Gasteiger partial charge in [-0.25, -0.2) is 4.98 Å². The molecule has 0 spiro atoms. The smallest absolute Gasteiger partial charge is 0.277 e. The van der Waals surface area contributed by atoms with Gasteiger partial charge >= 0.3 is 0 Å². The Morgan fingerprint density at radius 1 is 1.00 bits per heavy atom. The number of H-pyrrole nitrogens is 1. The molecule has 2 amide bonds. The van der Waals surface area contributed by atoms with Crippen LogP contribution in [0.4, 0.5) is 11.4 Å². The third-order valence-corrected chi connectivity index (χ3v) is 5.10. The van der Waals surface area contributed by atoms with Crippen LogP contribution in [0.3, 0.4) is 0 Å². The second kappa shape index (κ2) is 9.43. The predicted molar refractivity (Wildman–Crippen MR) is 118 cm³/mol. The molecule has 4 aromatic rings. The number of nitrogens with one attached hydrogen (secondary N) is 3. The van der Waals surface area contributed by atoms with E-state index in [1.165, 1.54) is 18.7 Å². The van der Waals surface area contributed by atoms with E-state index in [0.717, 1.165) is 16.9 Å². The van der Waals surface area contributed by atoms with Crippen LogP contribution in [-0.2, 0) is 22.4 Å². The van der Waals surface area contributed by atoms with Crippen molar-refractivity contribution >= 4 is 46.0 Å². The average molecular weight is 436 g/mol. The fourth-order valence-electron chi connectivity index (χ4n) is 2.91. The van der Waals surface area contributed by atoms with Crippen molar-refractivity contribution in [3.05, 3.63) is 60.2 Å². The topological polar surface area (TPSA) is 126 Å². The van der Waals surface area contributed by atoms with Gasteiger partial charge in [0.2, 0.25) is 17.7 Å². The van der Waals surface area contributed by atoms with Gasteiger partial charge in [0.15, 0.2) is 0 Å². The molecule has 0 bridgehead atoms. The number of carbonyl (C=O) groups excluding carboxylic acids is 2. The molecule has 31 heavy (non-hydrogen) atoms. The maximum atomic E-state index is 12.1. The Morgan fingerprint density at radius 2 is 1.74 bits per heavy atom. The van der Waals surface area contributed by atoms with Crippen LogP contribution in [0.15, 0.2) is 58.2 Å². The van der Waals surface area contributed by atoms with Crippen molar-refractivity contribution in [2.75, 3.05) is 16.4 Å². The molecule has 9 nitrogen and oxygen atoms in total. The van der Waals surface area contributed by atoms with Crippen LogP contribution < -0.4 is 10.6 Å². The summed E-state index contributed by atoms with van der Waals surface area (Å²) in [5.41, 5.74) is 3.22. The number of aromatic nitrogens is 4. The van der Waals surface area contributed by atoms with Gasteiger partial charge < -0.3 is 20.0 Å². The summed E-state index contributed by atoms with van der Waals surface area (Å²) in [6.45, 7) is 1.44. The summed E-state index contributed by atoms with van der Waals surface area (Å²) < 4.78 is 5.61. The highest BCUT2D eigenvalue weighted by molar-refractivity contribution is 7.99. The Kier molecular flexibility index (Phi) is 6.27. The number of fused-ring (bicyclic) bond motifs is 1. The molecule has 0 aliphatic heterocycles. The number of benzene rings is 2. The molecule has 2 heterocycles. The highest BCUT2D eigenvalue weighted by Crippen LogP contribution is 2.19. The minimum atomic E-state index is -0.195. The van der Waals surface area contributed by atoms with Crippen molar-refractivity contribution in [2.45, 2.75) is 25.0 Å². The lowest BCUT2D eigenvalue weighted by molar-refractivity contribution is -0.114. The molecule has 2 aromatic carbocycles. The molecule has 0 aliphatic rings. The summed E-state index contributed by atoms with van der Waals surface area (Å²) in [5.74, 6) is 1.15. The van der Waals surface area contributed by atoms with Gasteiger partial charge in [-0.15, -0.1) is 10.2 Å². The molecule has 158 valence electrons. The fourth-order valence-corrected chi connectivity index (χ4v) is 3.49. The van der Waals surface area contributed by atoms with Crippen molar-refractivity contribution in [3.63, 3.8) is 0 Å². The van der Waals surface area contributed by atoms with Gasteiger partial charge in [-0.2, -0.15) is 0 Å². The van der Waals surface area contributed by atoms with E-state index in [-0.39, 0.29) is 17.6 Å². The number of aryl methyl sites for hydroxylation is 2. The maximum Gasteiger partial charge on any atom is 0.277 e. The highest BCUT2D eigenvalue weighted by Gasteiger charge is 2.11. The van der Waals surface area contributed by atoms with Gasteiger partial charge in [-0.3, -0.25) is 9.59 Å². The van der Waals surface area contributed by atoms with Crippen LogP contribution in [-0.4, -0.2) is 37.7 Å². The van der Waals surface area contributed by atoms with Crippen molar-refractivity contribution in [2.24, 2.45) is 0 Å². The first-order valence-electron chi connectivity index (χ1n) is 9.61. The second-order valence-corrected chi connectivity index (χ2v) is 7.68. The van der Waals surface area contributed by atoms with E-state index in [0.29, 0.717) is 35.3 Å². The van der Waals surface area contributed by atoms with Gasteiger partial charge in [0.1, 0.15) is 5.82 Å². The van der Waals surface area contributed by atoms with E-state index in [4.69, 9.17) is 4.42 Å². The normalized spacial score (nSPS) is 10.9. The molecular weight excluding hydrogens is 416 g/mol. The van der Waals surface area contributed by atoms with Gasteiger partial charge in [-0.05, 0) is 36.4 Å². The molecule has 0 aliphatic carbocycles. The monoisotopic (exact) mass is 436 g/mol. The quantitative estimate of drug-likeness (QED) is 0.361. The molecule has 0 fully saturated rings. The SMILES string of the molecule is CC(=O)Nc1ccc(NC(=O)CSc2nnc(CCc3nc4ccccc4[nH]3)o2)cc1. The zero-order valence-corrected chi connectivity index (χ0v) is 17.5. The maximum absolute atomic E-state index is 12.1. The lowest BCUT2D eigenvalue weighted by Crippen LogP contribution is -2.14. The lowest BCUT2D eigenvalue weighted by Gasteiger charge is -2.06. The van der Waals surface area contributed by atoms with Crippen LogP contribution in [0.2, 0.25) is 0 Å². The molecule has 0 saturated heterocycles. The predicted octanol–water partition coefficient (Wildman–Crippen LogP) is 3.42. The fraction of sp³-hybridized carbons (Fsp3) is 0.190. The number of nitrogens with zero attached hydrogens (tertiary/aromatic N) is 3. The number of rotatable bonds is 8. The van der Waals surface area contributed by atoms with Crippen LogP contribution in [0.5, 0.6) is 0 Å². The first-order chi connectivity index (χ1) is 15.0. The minimum absolute atomic E-state index is 0.138. The molecule has 10 heteroatoms. The summed E-state index contributed by atoms with van der Waals surface area (Å²) in [5, 5.41) is 13.8. The molecule has 0 saturated carbocycles. The number of para-hydroxylation sites is 2. The number of anilines is 2. The van der Waals surface area contributed by atoms with Crippen LogP contribution >= 0.6 is 11.8 Å². The Hall–Kier alpha value is -3.66. The van der Waals surface area contributed by atoms with Gasteiger partial charge in [0, 0.05) is 31.1 Å². The van der Waals surface area contributed by atoms with Crippen LogP contribution in [0, 0.1) is 0 Å². The molecule has 4 rings (SSSR count). The van der Waals surface area contributed by atoms with E-state index >= 15 is 0 Å². The summed E-state index contributed by atoms with van der Waals surface area (Å²) >= 11 is 1.17. The summed E-state index contributed by atoms with van der Waals surface area (Å²) in [4.78, 5) is 31.0. The average Bonchev–Trinajstić information content (AvgIpc) is 3.38. The number of thioether (sulfide) groups is 1. The summed E-state index contributed by atoms with van der Waals surface area (Å²) in [7, 11) is 0. The van der Waals surface area contributed by atoms with E-state index in [1.807, 2.05) is 24.3 Å². The van der Waals surface area contributed by atoms with E-state index < -0.39 is 0 Å².